The van der Waals surface area contributed by atoms with Gasteiger partial charge in [0.05, 0.1) is 0 Å². The summed E-state index contributed by atoms with van der Waals surface area (Å²) in [4.78, 5) is 0. The van der Waals surface area contributed by atoms with Gasteiger partial charge in [0, 0.05) is 0 Å². The second-order valence-corrected chi connectivity index (χ2v) is 20.5. The van der Waals surface area contributed by atoms with Crippen molar-refractivity contribution in [1.29, 1.82) is 0 Å². The van der Waals surface area contributed by atoms with Gasteiger partial charge < -0.3 is 20.4 Å². The van der Waals surface area contributed by atoms with Crippen LogP contribution >= 0.6 is 0 Å². The number of hydrogen-bond acceptors (Lipinski definition) is 4. The van der Waals surface area contributed by atoms with Crippen molar-refractivity contribution in [3.8, 4) is 157 Å². The van der Waals surface area contributed by atoms with Crippen LogP contribution in [0.15, 0.2) is 303 Å². The third kappa shape index (κ3) is 9.55. The second kappa shape index (κ2) is 22.1. The van der Waals surface area contributed by atoms with Crippen LogP contribution < -0.4 is 0 Å². The highest BCUT2D eigenvalue weighted by molar-refractivity contribution is 6.17. The molecule has 13 aromatic rings. The summed E-state index contributed by atoms with van der Waals surface area (Å²) in [6.45, 7) is 0. The van der Waals surface area contributed by atoms with E-state index in [9.17, 15) is 20.4 Å². The molecule has 0 heterocycles. The van der Waals surface area contributed by atoms with E-state index in [1.807, 2.05) is 72.8 Å². The van der Waals surface area contributed by atoms with Crippen molar-refractivity contribution in [2.45, 2.75) is 0 Å². The van der Waals surface area contributed by atoms with Crippen LogP contribution in [-0.2, 0) is 0 Å². The Kier molecular flexibility index (Phi) is 13.6. The van der Waals surface area contributed by atoms with Crippen LogP contribution in [0.3, 0.4) is 0 Å². The minimum absolute atomic E-state index is 0.168. The zero-order valence-corrected chi connectivity index (χ0v) is 44.7. The maximum Gasteiger partial charge on any atom is 0.115 e. The van der Waals surface area contributed by atoms with Crippen LogP contribution in [0.1, 0.15) is 0 Å². The fourth-order valence-electron chi connectivity index (χ4n) is 11.9. The van der Waals surface area contributed by atoms with Gasteiger partial charge in [0.15, 0.2) is 0 Å². The highest BCUT2D eigenvalue weighted by Gasteiger charge is 2.32. The fourth-order valence-corrected chi connectivity index (χ4v) is 11.9. The topological polar surface area (TPSA) is 80.9 Å². The molecule has 0 aromatic heterocycles. The Bertz CT molecular complexity index is 4070. The summed E-state index contributed by atoms with van der Waals surface area (Å²) in [5, 5.41) is 43.4. The Hall–Kier alpha value is -10.9. The van der Waals surface area contributed by atoms with Gasteiger partial charge in [-0.15, -0.1) is 0 Å². The predicted molar refractivity (Wildman–Crippen MR) is 338 cm³/mol. The van der Waals surface area contributed by atoms with Crippen LogP contribution in [0, 0.1) is 0 Å². The third-order valence-corrected chi connectivity index (χ3v) is 15.5. The lowest BCUT2D eigenvalue weighted by atomic mass is 9.73. The van der Waals surface area contributed by atoms with Crippen LogP contribution in [0.4, 0.5) is 0 Å². The molecule has 0 atom stereocenters. The molecule has 0 spiro atoms. The zero-order valence-electron chi connectivity index (χ0n) is 44.7. The first-order valence-electron chi connectivity index (χ1n) is 27.5. The minimum atomic E-state index is 0.168. The van der Waals surface area contributed by atoms with Crippen molar-refractivity contribution in [2.75, 3.05) is 0 Å². The van der Waals surface area contributed by atoms with E-state index in [1.54, 1.807) is 48.5 Å². The number of rotatable bonds is 12. The lowest BCUT2D eigenvalue weighted by Crippen LogP contribution is -2.03. The molecule has 0 aliphatic heterocycles. The standard InChI is InChI=1S/C78H54O4/c79-63-43-35-59(36-44-63)75-69(53-23-11-3-12-24-53)67(51-19-7-1-8-20-51)73(71(55-27-15-5-16-28-55)77(75)61-39-47-65(81)48-40-61)57-31-33-58(34-32-57)74-68(52-21-9-2-10-22-52)70(54-25-13-4-14-26-54)76(60-37-45-64(80)46-38-60)78(62-41-49-66(82)50-42-62)72(74)56-29-17-6-18-30-56/h1-50,79-82H. The molecular formula is C78H54O4. The number of benzene rings is 13. The van der Waals surface area contributed by atoms with E-state index in [-0.39, 0.29) is 23.0 Å². The molecule has 13 aromatic carbocycles. The monoisotopic (exact) mass is 1050 g/mol. The van der Waals surface area contributed by atoms with Gasteiger partial charge in [-0.25, -0.2) is 0 Å². The van der Waals surface area contributed by atoms with E-state index < -0.39 is 0 Å². The first kappa shape index (κ1) is 50.6. The maximum absolute atomic E-state index is 10.9. The molecule has 13 rings (SSSR count). The van der Waals surface area contributed by atoms with Gasteiger partial charge in [-0.1, -0.05) is 255 Å². The van der Waals surface area contributed by atoms with E-state index in [0.717, 1.165) is 134 Å². The number of hydrogen-bond donors (Lipinski definition) is 4. The summed E-state index contributed by atoms with van der Waals surface area (Å²) >= 11 is 0. The van der Waals surface area contributed by atoms with E-state index in [2.05, 4.69) is 182 Å². The average molecular weight is 1060 g/mol. The average Bonchev–Trinajstić information content (AvgIpc) is 3.02. The molecule has 82 heavy (non-hydrogen) atoms. The molecule has 4 N–H and O–H groups in total. The van der Waals surface area contributed by atoms with Crippen LogP contribution in [0.5, 0.6) is 23.0 Å². The first-order valence-corrected chi connectivity index (χ1v) is 27.5. The van der Waals surface area contributed by atoms with E-state index in [1.165, 1.54) is 0 Å². The van der Waals surface area contributed by atoms with Crippen LogP contribution in [-0.4, -0.2) is 20.4 Å². The molecule has 0 saturated heterocycles. The lowest BCUT2D eigenvalue weighted by Gasteiger charge is -2.30. The summed E-state index contributed by atoms with van der Waals surface area (Å²) in [6.07, 6.45) is 0. The highest BCUT2D eigenvalue weighted by Crippen LogP contribution is 2.59. The largest absolute Gasteiger partial charge is 0.508 e. The minimum Gasteiger partial charge on any atom is -0.508 e. The molecule has 0 radical (unpaired) electrons. The third-order valence-electron chi connectivity index (χ3n) is 15.5. The molecule has 0 aliphatic carbocycles. The van der Waals surface area contributed by atoms with Crippen LogP contribution in [0.2, 0.25) is 0 Å². The van der Waals surface area contributed by atoms with Crippen LogP contribution in [0.25, 0.3) is 134 Å². The summed E-state index contributed by atoms with van der Waals surface area (Å²) in [6, 6.07) is 103. The first-order chi connectivity index (χ1) is 40.4. The molecule has 0 aliphatic rings. The summed E-state index contributed by atoms with van der Waals surface area (Å²) < 4.78 is 0. The van der Waals surface area contributed by atoms with Crippen molar-refractivity contribution < 1.29 is 20.4 Å². The summed E-state index contributed by atoms with van der Waals surface area (Å²) in [5.41, 5.74) is 23.9. The Morgan fingerprint density at radius 1 is 0.110 bits per heavy atom. The Labute approximate surface area is 477 Å². The van der Waals surface area contributed by atoms with Crippen molar-refractivity contribution in [3.63, 3.8) is 0 Å². The lowest BCUT2D eigenvalue weighted by molar-refractivity contribution is 0.475. The quantitative estimate of drug-likeness (QED) is 0.0983. The molecule has 0 saturated carbocycles. The maximum atomic E-state index is 10.9. The fraction of sp³-hybridized carbons (Fsp3) is 0. The molecule has 390 valence electrons. The van der Waals surface area contributed by atoms with Gasteiger partial charge in [-0.3, -0.25) is 0 Å². The van der Waals surface area contributed by atoms with Gasteiger partial charge in [0.1, 0.15) is 23.0 Å². The van der Waals surface area contributed by atoms with Crippen molar-refractivity contribution in [3.05, 3.63) is 303 Å². The van der Waals surface area contributed by atoms with E-state index in [4.69, 9.17) is 0 Å². The van der Waals surface area contributed by atoms with E-state index >= 15 is 0 Å². The van der Waals surface area contributed by atoms with E-state index in [0.29, 0.717) is 0 Å². The smallest absolute Gasteiger partial charge is 0.115 e. The molecule has 0 unspecified atom stereocenters. The van der Waals surface area contributed by atoms with Gasteiger partial charge in [-0.05, 0) is 182 Å². The SMILES string of the molecule is Oc1ccc(-c2c(-c3ccccc3)c(-c3ccccc3)c(-c3ccc(-c4c(-c5ccccc5)c(-c5ccccc5)c(-c5ccc(O)cc5)c(-c5ccc(O)cc5)c4-c4ccccc4)cc3)c(-c3ccccc3)c2-c2ccc(O)cc2)cc1. The molecule has 0 bridgehead atoms. The Balaban J connectivity index is 1.21. The van der Waals surface area contributed by atoms with Gasteiger partial charge in [0.2, 0.25) is 0 Å². The summed E-state index contributed by atoms with van der Waals surface area (Å²) in [7, 11) is 0. The van der Waals surface area contributed by atoms with Gasteiger partial charge in [-0.2, -0.15) is 0 Å². The highest BCUT2D eigenvalue weighted by atomic mass is 16.3. The molecule has 4 heteroatoms. The number of aromatic hydroxyl groups is 4. The van der Waals surface area contributed by atoms with Crippen molar-refractivity contribution >= 4 is 0 Å². The second-order valence-electron chi connectivity index (χ2n) is 20.5. The number of phenolic OH excluding ortho intramolecular Hbond substituents is 4. The van der Waals surface area contributed by atoms with Gasteiger partial charge in [0.25, 0.3) is 0 Å². The number of phenols is 4. The molecule has 4 nitrogen and oxygen atoms in total. The van der Waals surface area contributed by atoms with Crippen molar-refractivity contribution in [1.82, 2.24) is 0 Å². The van der Waals surface area contributed by atoms with Gasteiger partial charge >= 0.3 is 0 Å². The summed E-state index contributed by atoms with van der Waals surface area (Å²) in [5.74, 6) is 0.680. The Morgan fingerprint density at radius 3 is 0.329 bits per heavy atom. The van der Waals surface area contributed by atoms with Crippen molar-refractivity contribution in [2.24, 2.45) is 0 Å². The molecular weight excluding hydrogens is 1000 g/mol. The molecule has 0 amide bonds. The predicted octanol–water partition coefficient (Wildman–Crippen LogP) is 20.5. The Morgan fingerprint density at radius 2 is 0.207 bits per heavy atom. The molecule has 0 fully saturated rings. The zero-order chi connectivity index (χ0) is 55.5. The normalized spacial score (nSPS) is 11.1.